The highest BCUT2D eigenvalue weighted by Gasteiger charge is 2.24. The van der Waals surface area contributed by atoms with Crippen LogP contribution in [0.5, 0.6) is 0 Å². The average molecular weight is 364 g/mol. The van der Waals surface area contributed by atoms with Crippen molar-refractivity contribution >= 4 is 5.96 Å². The van der Waals surface area contributed by atoms with E-state index in [1.165, 1.54) is 11.1 Å². The zero-order valence-corrected chi connectivity index (χ0v) is 16.4. The number of nitrogens with one attached hydrogen (secondary N) is 1. The van der Waals surface area contributed by atoms with Crippen molar-refractivity contribution in [2.75, 3.05) is 53.7 Å². The highest BCUT2D eigenvalue weighted by atomic mass is 16.5. The first-order valence-electron chi connectivity index (χ1n) is 9.43. The molecule has 1 aliphatic heterocycles. The molecular weight excluding hydrogens is 330 g/mol. The minimum atomic E-state index is 0.556. The highest BCUT2D eigenvalue weighted by molar-refractivity contribution is 5.80. The Bertz CT molecular complexity index is 551. The molecule has 1 fully saturated rings. The minimum absolute atomic E-state index is 0.556. The number of aliphatic imine (C=N–C) groups is 1. The van der Waals surface area contributed by atoms with Gasteiger partial charge in [0.15, 0.2) is 5.96 Å². The van der Waals surface area contributed by atoms with Gasteiger partial charge in [0.2, 0.25) is 0 Å². The summed E-state index contributed by atoms with van der Waals surface area (Å²) in [6.45, 7) is 8.40. The second-order valence-corrected chi connectivity index (χ2v) is 6.59. The van der Waals surface area contributed by atoms with Crippen LogP contribution in [-0.2, 0) is 27.4 Å². The Hall–Kier alpha value is -1.63. The van der Waals surface area contributed by atoms with Gasteiger partial charge >= 0.3 is 0 Å². The van der Waals surface area contributed by atoms with Gasteiger partial charge in [-0.15, -0.1) is 0 Å². The number of hydrogen-bond donors (Lipinski definition) is 1. The maximum atomic E-state index is 5.69. The first-order valence-corrected chi connectivity index (χ1v) is 9.43. The number of likely N-dealkylation sites (tertiary alicyclic amines) is 1. The van der Waals surface area contributed by atoms with Crippen LogP contribution in [0.1, 0.15) is 24.5 Å². The number of guanidine groups is 1. The van der Waals surface area contributed by atoms with Crippen LogP contribution in [0.2, 0.25) is 0 Å². The molecule has 6 heteroatoms. The molecule has 1 unspecified atom stereocenters. The van der Waals surface area contributed by atoms with Gasteiger partial charge in [-0.1, -0.05) is 24.3 Å². The second kappa shape index (κ2) is 11.9. The van der Waals surface area contributed by atoms with Gasteiger partial charge < -0.3 is 24.4 Å². The SMILES string of the molecule is CCNC(=NCc1cccc(COC)c1)N1CCC(COCCOC)C1. The van der Waals surface area contributed by atoms with Gasteiger partial charge in [-0.3, -0.25) is 0 Å². The van der Waals surface area contributed by atoms with Gasteiger partial charge in [-0.2, -0.15) is 0 Å². The molecule has 0 radical (unpaired) electrons. The van der Waals surface area contributed by atoms with Crippen LogP contribution >= 0.6 is 0 Å². The van der Waals surface area contributed by atoms with Crippen molar-refractivity contribution in [3.05, 3.63) is 35.4 Å². The molecule has 0 aromatic heterocycles. The zero-order chi connectivity index (χ0) is 18.6. The highest BCUT2D eigenvalue weighted by Crippen LogP contribution is 2.17. The number of methoxy groups -OCH3 is 2. The Morgan fingerprint density at radius 1 is 1.23 bits per heavy atom. The Labute approximate surface area is 157 Å². The molecule has 0 saturated carbocycles. The lowest BCUT2D eigenvalue weighted by Crippen LogP contribution is -2.40. The summed E-state index contributed by atoms with van der Waals surface area (Å²) in [5.41, 5.74) is 2.38. The molecule has 1 aromatic rings. The number of nitrogens with zero attached hydrogens (tertiary/aromatic N) is 2. The Kier molecular flexibility index (Phi) is 9.45. The average Bonchev–Trinajstić information content (AvgIpc) is 3.12. The molecule has 26 heavy (non-hydrogen) atoms. The standard InChI is InChI=1S/C20H33N3O3/c1-4-21-20(22-13-17-6-5-7-18(12-17)15-25-3)23-9-8-19(14-23)16-26-11-10-24-2/h5-7,12,19H,4,8-11,13-16H2,1-3H3,(H,21,22). The van der Waals surface area contributed by atoms with Crippen LogP contribution in [0.25, 0.3) is 0 Å². The fourth-order valence-electron chi connectivity index (χ4n) is 3.13. The largest absolute Gasteiger partial charge is 0.382 e. The maximum absolute atomic E-state index is 5.69. The van der Waals surface area contributed by atoms with Crippen molar-refractivity contribution in [3.8, 4) is 0 Å². The molecule has 146 valence electrons. The molecule has 0 spiro atoms. The molecule has 0 aliphatic carbocycles. The molecule has 1 N–H and O–H groups in total. The van der Waals surface area contributed by atoms with E-state index in [4.69, 9.17) is 19.2 Å². The van der Waals surface area contributed by atoms with Crippen molar-refractivity contribution in [2.24, 2.45) is 10.9 Å². The Balaban J connectivity index is 1.89. The lowest BCUT2D eigenvalue weighted by Gasteiger charge is -2.21. The summed E-state index contributed by atoms with van der Waals surface area (Å²) in [5.74, 6) is 1.55. The number of hydrogen-bond acceptors (Lipinski definition) is 4. The van der Waals surface area contributed by atoms with Crippen molar-refractivity contribution in [3.63, 3.8) is 0 Å². The lowest BCUT2D eigenvalue weighted by molar-refractivity contribution is 0.0536. The Morgan fingerprint density at radius 2 is 2.08 bits per heavy atom. The van der Waals surface area contributed by atoms with E-state index in [0.29, 0.717) is 32.3 Å². The summed E-state index contributed by atoms with van der Waals surface area (Å²) in [7, 11) is 3.42. The van der Waals surface area contributed by atoms with E-state index in [1.54, 1.807) is 14.2 Å². The maximum Gasteiger partial charge on any atom is 0.194 e. The number of benzene rings is 1. The summed E-state index contributed by atoms with van der Waals surface area (Å²) in [6, 6.07) is 8.42. The molecule has 1 heterocycles. The Morgan fingerprint density at radius 3 is 2.85 bits per heavy atom. The second-order valence-electron chi connectivity index (χ2n) is 6.59. The summed E-state index contributed by atoms with van der Waals surface area (Å²) >= 11 is 0. The third-order valence-electron chi connectivity index (χ3n) is 4.42. The lowest BCUT2D eigenvalue weighted by atomic mass is 10.1. The van der Waals surface area contributed by atoms with E-state index in [-0.39, 0.29) is 0 Å². The van der Waals surface area contributed by atoms with Gasteiger partial charge in [0, 0.05) is 39.8 Å². The monoisotopic (exact) mass is 363 g/mol. The van der Waals surface area contributed by atoms with E-state index in [0.717, 1.165) is 38.6 Å². The van der Waals surface area contributed by atoms with Crippen molar-refractivity contribution in [1.82, 2.24) is 10.2 Å². The quantitative estimate of drug-likeness (QED) is 0.393. The van der Waals surface area contributed by atoms with Gasteiger partial charge in [0.05, 0.1) is 33.0 Å². The first-order chi connectivity index (χ1) is 12.8. The van der Waals surface area contributed by atoms with Crippen LogP contribution in [-0.4, -0.2) is 64.5 Å². The smallest absolute Gasteiger partial charge is 0.194 e. The summed E-state index contributed by atoms with van der Waals surface area (Å²) in [6.07, 6.45) is 1.14. The van der Waals surface area contributed by atoms with E-state index < -0.39 is 0 Å². The summed E-state index contributed by atoms with van der Waals surface area (Å²) in [5, 5.41) is 3.42. The summed E-state index contributed by atoms with van der Waals surface area (Å²) < 4.78 is 15.9. The fraction of sp³-hybridized carbons (Fsp3) is 0.650. The van der Waals surface area contributed by atoms with Gasteiger partial charge in [-0.25, -0.2) is 4.99 Å². The van der Waals surface area contributed by atoms with Crippen LogP contribution in [0, 0.1) is 5.92 Å². The van der Waals surface area contributed by atoms with Crippen molar-refractivity contribution < 1.29 is 14.2 Å². The topological polar surface area (TPSA) is 55.3 Å². The predicted molar refractivity (Wildman–Crippen MR) is 104 cm³/mol. The number of ether oxygens (including phenoxy) is 3. The third-order valence-corrected chi connectivity index (χ3v) is 4.42. The van der Waals surface area contributed by atoms with Crippen LogP contribution in [0.15, 0.2) is 29.3 Å². The van der Waals surface area contributed by atoms with Gasteiger partial charge in [0.25, 0.3) is 0 Å². The number of rotatable bonds is 10. The first kappa shape index (κ1) is 20.7. The van der Waals surface area contributed by atoms with Gasteiger partial charge in [0.1, 0.15) is 0 Å². The summed E-state index contributed by atoms with van der Waals surface area (Å²) in [4.78, 5) is 7.18. The molecule has 1 atom stereocenters. The molecule has 0 bridgehead atoms. The van der Waals surface area contributed by atoms with Crippen LogP contribution in [0.3, 0.4) is 0 Å². The van der Waals surface area contributed by atoms with Crippen LogP contribution < -0.4 is 5.32 Å². The molecule has 1 aliphatic rings. The van der Waals surface area contributed by atoms with E-state index >= 15 is 0 Å². The normalized spacial score (nSPS) is 17.7. The predicted octanol–water partition coefficient (Wildman–Crippen LogP) is 2.28. The molecule has 1 saturated heterocycles. The molecule has 0 amide bonds. The van der Waals surface area contributed by atoms with Crippen molar-refractivity contribution in [1.29, 1.82) is 0 Å². The third kappa shape index (κ3) is 6.94. The molecule has 6 nitrogen and oxygen atoms in total. The minimum Gasteiger partial charge on any atom is -0.382 e. The zero-order valence-electron chi connectivity index (χ0n) is 16.4. The van der Waals surface area contributed by atoms with E-state index in [9.17, 15) is 0 Å². The van der Waals surface area contributed by atoms with E-state index in [1.807, 2.05) is 0 Å². The van der Waals surface area contributed by atoms with Crippen molar-refractivity contribution in [2.45, 2.75) is 26.5 Å². The van der Waals surface area contributed by atoms with Gasteiger partial charge in [-0.05, 0) is 24.5 Å². The molecule has 2 rings (SSSR count). The van der Waals surface area contributed by atoms with Crippen LogP contribution in [0.4, 0.5) is 0 Å². The fourth-order valence-corrected chi connectivity index (χ4v) is 3.13. The molecular formula is C20H33N3O3. The van der Waals surface area contributed by atoms with E-state index in [2.05, 4.69) is 41.4 Å². The molecule has 1 aromatic carbocycles.